The van der Waals surface area contributed by atoms with Crippen molar-refractivity contribution in [2.75, 3.05) is 19.0 Å². The Balaban J connectivity index is 3.81. The van der Waals surface area contributed by atoms with Crippen LogP contribution in [-0.4, -0.2) is 30.3 Å². The molecule has 4 heteroatoms. The highest BCUT2D eigenvalue weighted by atomic mass is 32.2. The highest BCUT2D eigenvalue weighted by Crippen LogP contribution is 2.21. The van der Waals surface area contributed by atoms with E-state index in [1.54, 1.807) is 11.8 Å². The van der Waals surface area contributed by atoms with Gasteiger partial charge < -0.3 is 4.74 Å². The number of thioether (sulfide) groups is 1. The minimum atomic E-state index is -0.197. The summed E-state index contributed by atoms with van der Waals surface area (Å²) < 4.78 is 17.3. The van der Waals surface area contributed by atoms with Crippen molar-refractivity contribution in [3.05, 3.63) is 0 Å². The van der Waals surface area contributed by atoms with Gasteiger partial charge in [0.15, 0.2) is 0 Å². The van der Waals surface area contributed by atoms with E-state index in [1.165, 1.54) is 0 Å². The van der Waals surface area contributed by atoms with Gasteiger partial charge in [-0.25, -0.2) is 0 Å². The maximum absolute atomic E-state index is 12.0. The van der Waals surface area contributed by atoms with E-state index in [0.717, 1.165) is 63.5 Å². The molecule has 1 unspecified atom stereocenters. The molecule has 0 radical (unpaired) electrons. The molecule has 0 fully saturated rings. The van der Waals surface area contributed by atoms with Gasteiger partial charge in [-0.1, -0.05) is 52.4 Å². The fourth-order valence-corrected chi connectivity index (χ4v) is 3.21. The van der Waals surface area contributed by atoms with Gasteiger partial charge in [-0.15, -0.1) is 11.8 Å². The predicted molar refractivity (Wildman–Crippen MR) is 90.7 cm³/mol. The smallest absolute Gasteiger partial charge is 0.319 e. The number of ether oxygens (including phenoxy) is 1. The van der Waals surface area contributed by atoms with Crippen molar-refractivity contribution in [1.29, 1.82) is 0 Å². The first-order valence-electron chi connectivity index (χ1n) is 8.60. The molecule has 0 aliphatic carbocycles. The molecule has 0 saturated heterocycles. The summed E-state index contributed by atoms with van der Waals surface area (Å²) in [6.07, 6.45) is 10.2. The summed E-state index contributed by atoms with van der Waals surface area (Å²) in [5.74, 6) is 0.978. The molecule has 0 aliphatic rings. The summed E-state index contributed by atoms with van der Waals surface area (Å²) >= 11 is 1.74. The van der Waals surface area contributed by atoms with E-state index < -0.39 is 0 Å². The molecule has 21 heavy (non-hydrogen) atoms. The molecule has 0 saturated carbocycles. The van der Waals surface area contributed by atoms with E-state index >= 15 is 0 Å². The van der Waals surface area contributed by atoms with Gasteiger partial charge in [-0.2, -0.15) is 0 Å². The number of hydrogen-bond acceptors (Lipinski definition) is 3. The largest absolute Gasteiger partial charge is 0.465 e. The number of esters is 1. The van der Waals surface area contributed by atoms with E-state index in [4.69, 9.17) is 4.74 Å². The monoisotopic (exact) mass is 320 g/mol. The second-order valence-electron chi connectivity index (χ2n) is 5.48. The van der Waals surface area contributed by atoms with Crippen molar-refractivity contribution in [3.63, 3.8) is 0 Å². The van der Waals surface area contributed by atoms with Crippen LogP contribution in [0.25, 0.3) is 0 Å². The van der Waals surface area contributed by atoms with E-state index in [1.807, 2.05) is 0 Å². The summed E-state index contributed by atoms with van der Waals surface area (Å²) in [7, 11) is 0. The lowest BCUT2D eigenvalue weighted by Crippen LogP contribution is -2.21. The van der Waals surface area contributed by atoms with Gasteiger partial charge in [0, 0.05) is 0 Å². The fraction of sp³-hybridized carbons (Fsp3) is 0.941. The third-order valence-electron chi connectivity index (χ3n) is 3.42. The Hall–Kier alpha value is -0.250. The summed E-state index contributed by atoms with van der Waals surface area (Å²) in [5, 5.41) is 0.00708. The number of rotatable bonds is 15. The Morgan fingerprint density at radius 1 is 1.00 bits per heavy atom. The predicted octanol–water partition coefficient (Wildman–Crippen LogP) is 5.54. The van der Waals surface area contributed by atoms with Gasteiger partial charge >= 0.3 is 5.97 Å². The highest BCUT2D eigenvalue weighted by molar-refractivity contribution is 8.00. The van der Waals surface area contributed by atoms with Crippen LogP contribution in [0.5, 0.6) is 0 Å². The second-order valence-corrected chi connectivity index (χ2v) is 6.79. The number of alkyl halides is 1. The number of unbranched alkanes of at least 4 members (excludes halogenated alkanes) is 6. The SMILES string of the molecule is CCCCOC(=O)C(CCCC)SCCCCCCCF. The van der Waals surface area contributed by atoms with Crippen molar-refractivity contribution >= 4 is 17.7 Å². The Kier molecular flexibility index (Phi) is 15.9. The lowest BCUT2D eigenvalue weighted by Gasteiger charge is -2.15. The molecule has 0 aliphatic heterocycles. The van der Waals surface area contributed by atoms with Crippen LogP contribution in [0.2, 0.25) is 0 Å². The zero-order valence-electron chi connectivity index (χ0n) is 13.9. The van der Waals surface area contributed by atoms with Crippen LogP contribution in [0, 0.1) is 0 Å². The van der Waals surface area contributed by atoms with Crippen LogP contribution in [0.3, 0.4) is 0 Å². The quantitative estimate of drug-likeness (QED) is 0.293. The van der Waals surface area contributed by atoms with Gasteiger partial charge in [0.2, 0.25) is 0 Å². The second kappa shape index (κ2) is 16.1. The Labute approximate surface area is 134 Å². The zero-order chi connectivity index (χ0) is 15.8. The van der Waals surface area contributed by atoms with Crippen molar-refractivity contribution in [3.8, 4) is 0 Å². The van der Waals surface area contributed by atoms with Crippen LogP contribution < -0.4 is 0 Å². The molecule has 0 spiro atoms. The third kappa shape index (κ3) is 13.2. The maximum atomic E-state index is 12.0. The molecule has 1 atom stereocenters. The molecule has 0 amide bonds. The van der Waals surface area contributed by atoms with Crippen LogP contribution in [-0.2, 0) is 9.53 Å². The van der Waals surface area contributed by atoms with E-state index in [2.05, 4.69) is 13.8 Å². The van der Waals surface area contributed by atoms with Crippen LogP contribution in [0.1, 0.15) is 78.1 Å². The Morgan fingerprint density at radius 3 is 2.33 bits per heavy atom. The van der Waals surface area contributed by atoms with Gasteiger partial charge in [0.1, 0.15) is 5.25 Å². The molecule has 0 bridgehead atoms. The highest BCUT2D eigenvalue weighted by Gasteiger charge is 2.19. The standard InChI is InChI=1S/C17H33FO2S/c1-3-5-12-16(17(19)20-14-6-4-2)21-15-11-9-7-8-10-13-18/h16H,3-15H2,1-2H3. The lowest BCUT2D eigenvalue weighted by atomic mass is 10.2. The molecule has 0 heterocycles. The van der Waals surface area contributed by atoms with Crippen LogP contribution in [0.4, 0.5) is 4.39 Å². The van der Waals surface area contributed by atoms with Gasteiger partial charge in [-0.3, -0.25) is 9.18 Å². The first-order valence-corrected chi connectivity index (χ1v) is 9.65. The van der Waals surface area contributed by atoms with Gasteiger partial charge in [0.05, 0.1) is 13.3 Å². The normalized spacial score (nSPS) is 12.3. The minimum Gasteiger partial charge on any atom is -0.465 e. The number of halogens is 1. The number of hydrogen-bond donors (Lipinski definition) is 0. The van der Waals surface area contributed by atoms with Crippen LogP contribution in [0.15, 0.2) is 0 Å². The zero-order valence-corrected chi connectivity index (χ0v) is 14.7. The number of carbonyl (C=O) groups is 1. The molecule has 0 aromatic rings. The topological polar surface area (TPSA) is 26.3 Å². The molecule has 0 aromatic carbocycles. The molecule has 2 nitrogen and oxygen atoms in total. The van der Waals surface area contributed by atoms with Gasteiger partial charge in [0.25, 0.3) is 0 Å². The molecular weight excluding hydrogens is 287 g/mol. The average molecular weight is 321 g/mol. The van der Waals surface area contributed by atoms with Crippen molar-refractivity contribution in [2.24, 2.45) is 0 Å². The Bertz CT molecular complexity index is 237. The summed E-state index contributed by atoms with van der Waals surface area (Å²) in [4.78, 5) is 12.0. The maximum Gasteiger partial charge on any atom is 0.319 e. The summed E-state index contributed by atoms with van der Waals surface area (Å²) in [5.41, 5.74) is 0. The van der Waals surface area contributed by atoms with Crippen molar-refractivity contribution in [1.82, 2.24) is 0 Å². The summed E-state index contributed by atoms with van der Waals surface area (Å²) in [6.45, 7) is 4.61. The molecule has 126 valence electrons. The van der Waals surface area contributed by atoms with E-state index in [-0.39, 0.29) is 17.9 Å². The molecule has 0 rings (SSSR count). The van der Waals surface area contributed by atoms with E-state index in [0.29, 0.717) is 13.0 Å². The van der Waals surface area contributed by atoms with E-state index in [9.17, 15) is 9.18 Å². The number of carbonyl (C=O) groups excluding carboxylic acids is 1. The lowest BCUT2D eigenvalue weighted by molar-refractivity contribution is -0.143. The molecule has 0 aromatic heterocycles. The minimum absolute atomic E-state index is 0.00708. The van der Waals surface area contributed by atoms with Gasteiger partial charge in [-0.05, 0) is 31.4 Å². The Morgan fingerprint density at radius 2 is 1.67 bits per heavy atom. The first-order chi connectivity index (χ1) is 10.3. The average Bonchev–Trinajstić information content (AvgIpc) is 2.49. The molecular formula is C17H33FO2S. The van der Waals surface area contributed by atoms with Crippen molar-refractivity contribution < 1.29 is 13.9 Å². The summed E-state index contributed by atoms with van der Waals surface area (Å²) in [6, 6.07) is 0. The fourth-order valence-electron chi connectivity index (χ4n) is 2.02. The molecule has 0 N–H and O–H groups in total. The first kappa shape index (κ1) is 20.8. The van der Waals surface area contributed by atoms with Crippen molar-refractivity contribution in [2.45, 2.75) is 83.3 Å². The third-order valence-corrected chi connectivity index (χ3v) is 4.78. The van der Waals surface area contributed by atoms with Crippen LogP contribution >= 0.6 is 11.8 Å².